The van der Waals surface area contributed by atoms with Gasteiger partial charge >= 0.3 is 0 Å². The molecular weight excluding hydrogens is 318 g/mol. The molecule has 1 aromatic heterocycles. The van der Waals surface area contributed by atoms with Crippen molar-refractivity contribution in [3.8, 4) is 0 Å². The Morgan fingerprint density at radius 3 is 2.90 bits per heavy atom. The lowest BCUT2D eigenvalue weighted by Crippen LogP contribution is -2.31. The molecule has 1 fully saturated rings. The van der Waals surface area contributed by atoms with Gasteiger partial charge in [0.15, 0.2) is 0 Å². The van der Waals surface area contributed by atoms with Gasteiger partial charge in [-0.3, -0.25) is 9.48 Å². The quantitative estimate of drug-likeness (QED) is 0.865. The molecule has 1 N–H and O–H groups in total. The number of carbonyl (C=O) groups is 1. The van der Waals surface area contributed by atoms with E-state index in [0.29, 0.717) is 24.5 Å². The molecule has 0 amide bonds. The van der Waals surface area contributed by atoms with Crippen LogP contribution in [-0.4, -0.2) is 28.7 Å². The Morgan fingerprint density at radius 2 is 2.30 bits per heavy atom. The zero-order valence-corrected chi connectivity index (χ0v) is 14.0. The first-order valence-electron chi connectivity index (χ1n) is 7.62. The number of aromatic nitrogens is 2. The molecule has 1 aliphatic heterocycles. The second-order valence-corrected chi connectivity index (χ2v) is 6.30. The molecule has 0 saturated carbocycles. The molecule has 2 rings (SSSR count). The monoisotopic (exact) mass is 341 g/mol. The molecule has 0 radical (unpaired) electrons. The number of hydrogen-bond acceptors (Lipinski definition) is 3. The van der Waals surface area contributed by atoms with Crippen LogP contribution in [0.15, 0.2) is 4.47 Å². The van der Waals surface area contributed by atoms with Crippen molar-refractivity contribution in [1.29, 1.82) is 0 Å². The van der Waals surface area contributed by atoms with E-state index >= 15 is 0 Å². The first kappa shape index (κ1) is 15.7. The van der Waals surface area contributed by atoms with Crippen LogP contribution in [0.25, 0.3) is 0 Å². The number of nitrogens with zero attached hydrogens (tertiary/aromatic N) is 2. The Morgan fingerprint density at radius 1 is 1.50 bits per heavy atom. The van der Waals surface area contributed by atoms with Crippen molar-refractivity contribution in [3.63, 3.8) is 0 Å². The molecule has 2 heterocycles. The minimum atomic E-state index is 0.330. The highest BCUT2D eigenvalue weighted by Crippen LogP contribution is 2.24. The number of Topliss-reactive ketones (excluding diaryl/α,β-unsaturated/α-hetero) is 1. The van der Waals surface area contributed by atoms with Crippen molar-refractivity contribution >= 4 is 21.7 Å². The van der Waals surface area contributed by atoms with Gasteiger partial charge in [-0.15, -0.1) is 0 Å². The van der Waals surface area contributed by atoms with Crippen molar-refractivity contribution in [2.45, 2.75) is 52.5 Å². The summed E-state index contributed by atoms with van der Waals surface area (Å²) >= 11 is 3.61. The largest absolute Gasteiger partial charge is 0.316 e. The second-order valence-electron chi connectivity index (χ2n) is 5.51. The number of ketones is 1. The summed E-state index contributed by atoms with van der Waals surface area (Å²) in [5.74, 6) is 0.843. The third kappa shape index (κ3) is 3.70. The fraction of sp³-hybridized carbons (Fsp3) is 0.733. The van der Waals surface area contributed by atoms with Gasteiger partial charge in [-0.25, -0.2) is 0 Å². The molecule has 0 bridgehead atoms. The lowest BCUT2D eigenvalue weighted by Gasteiger charge is -2.22. The van der Waals surface area contributed by atoms with Gasteiger partial charge in [0, 0.05) is 19.4 Å². The average Bonchev–Trinajstić information content (AvgIpc) is 2.76. The first-order valence-corrected chi connectivity index (χ1v) is 8.41. The van der Waals surface area contributed by atoms with E-state index in [1.54, 1.807) is 0 Å². The topological polar surface area (TPSA) is 46.9 Å². The van der Waals surface area contributed by atoms with Crippen LogP contribution in [0.1, 0.15) is 44.5 Å². The van der Waals surface area contributed by atoms with Crippen molar-refractivity contribution in [2.75, 3.05) is 13.1 Å². The normalized spacial score (nSPS) is 19.2. The van der Waals surface area contributed by atoms with E-state index in [1.807, 2.05) is 4.68 Å². The maximum Gasteiger partial charge on any atom is 0.139 e. The summed E-state index contributed by atoms with van der Waals surface area (Å²) in [5.41, 5.74) is 2.09. The summed E-state index contributed by atoms with van der Waals surface area (Å²) in [6.45, 7) is 7.05. The lowest BCUT2D eigenvalue weighted by atomic mass is 9.93. The molecule has 0 spiro atoms. The number of aryl methyl sites for hydroxylation is 2. The van der Waals surface area contributed by atoms with E-state index in [9.17, 15) is 4.79 Å². The van der Waals surface area contributed by atoms with Gasteiger partial charge in [-0.05, 0) is 61.1 Å². The van der Waals surface area contributed by atoms with Crippen LogP contribution in [0.2, 0.25) is 0 Å². The summed E-state index contributed by atoms with van der Waals surface area (Å²) in [4.78, 5) is 12.3. The van der Waals surface area contributed by atoms with Crippen LogP contribution in [0, 0.1) is 5.92 Å². The number of nitrogens with one attached hydrogen (secondary N) is 1. The number of rotatable bonds is 6. The van der Waals surface area contributed by atoms with E-state index < -0.39 is 0 Å². The fourth-order valence-corrected chi connectivity index (χ4v) is 3.57. The first-order chi connectivity index (χ1) is 9.65. The molecule has 4 nitrogen and oxygen atoms in total. The van der Waals surface area contributed by atoms with Crippen LogP contribution in [0.3, 0.4) is 0 Å². The number of piperidine rings is 1. The molecule has 1 unspecified atom stereocenters. The molecule has 1 aliphatic rings. The van der Waals surface area contributed by atoms with Crippen LogP contribution in [0.5, 0.6) is 0 Å². The molecule has 20 heavy (non-hydrogen) atoms. The Bertz CT molecular complexity index is 464. The predicted octanol–water partition coefficient (Wildman–Crippen LogP) is 2.73. The molecule has 5 heteroatoms. The van der Waals surface area contributed by atoms with Crippen LogP contribution < -0.4 is 5.32 Å². The Kier molecular flexibility index (Phi) is 5.78. The SMILES string of the molecule is CCc1nn(CC)c(CC(=O)CC2CCCNC2)c1Br. The summed E-state index contributed by atoms with van der Waals surface area (Å²) in [6, 6.07) is 0. The summed E-state index contributed by atoms with van der Waals surface area (Å²) in [5, 5.41) is 7.92. The minimum Gasteiger partial charge on any atom is -0.316 e. The van der Waals surface area contributed by atoms with E-state index in [-0.39, 0.29) is 0 Å². The average molecular weight is 342 g/mol. The maximum absolute atomic E-state index is 12.3. The highest BCUT2D eigenvalue weighted by Gasteiger charge is 2.20. The highest BCUT2D eigenvalue weighted by atomic mass is 79.9. The molecule has 112 valence electrons. The van der Waals surface area contributed by atoms with Crippen molar-refractivity contribution in [3.05, 3.63) is 15.9 Å². The molecule has 1 saturated heterocycles. The van der Waals surface area contributed by atoms with E-state index in [2.05, 4.69) is 40.2 Å². The zero-order valence-electron chi connectivity index (χ0n) is 12.4. The maximum atomic E-state index is 12.3. The minimum absolute atomic E-state index is 0.330. The van der Waals surface area contributed by atoms with Gasteiger partial charge in [-0.1, -0.05) is 6.92 Å². The van der Waals surface area contributed by atoms with Crippen molar-refractivity contribution in [2.24, 2.45) is 5.92 Å². The Balaban J connectivity index is 2.01. The molecular formula is C15H24BrN3O. The summed E-state index contributed by atoms with van der Waals surface area (Å²) < 4.78 is 2.98. The smallest absolute Gasteiger partial charge is 0.139 e. The van der Waals surface area contributed by atoms with Gasteiger partial charge in [0.1, 0.15) is 5.78 Å². The van der Waals surface area contributed by atoms with Crippen molar-refractivity contribution < 1.29 is 4.79 Å². The lowest BCUT2D eigenvalue weighted by molar-refractivity contribution is -0.119. The predicted molar refractivity (Wildman–Crippen MR) is 83.9 cm³/mol. The van der Waals surface area contributed by atoms with Crippen LogP contribution in [-0.2, 0) is 24.2 Å². The van der Waals surface area contributed by atoms with E-state index in [0.717, 1.165) is 41.9 Å². The van der Waals surface area contributed by atoms with Gasteiger partial charge in [0.2, 0.25) is 0 Å². The van der Waals surface area contributed by atoms with Gasteiger partial charge in [-0.2, -0.15) is 5.10 Å². The van der Waals surface area contributed by atoms with Crippen molar-refractivity contribution in [1.82, 2.24) is 15.1 Å². The summed E-state index contributed by atoms with van der Waals surface area (Å²) in [6.07, 6.45) is 4.44. The number of hydrogen-bond donors (Lipinski definition) is 1. The second kappa shape index (κ2) is 7.36. The van der Waals surface area contributed by atoms with Gasteiger partial charge in [0.05, 0.1) is 15.9 Å². The summed E-state index contributed by atoms with van der Waals surface area (Å²) in [7, 11) is 0. The molecule has 1 aromatic rings. The van der Waals surface area contributed by atoms with E-state index in [4.69, 9.17) is 0 Å². The van der Waals surface area contributed by atoms with Crippen LogP contribution in [0.4, 0.5) is 0 Å². The molecule has 0 aromatic carbocycles. The number of carbonyl (C=O) groups excluding carboxylic acids is 1. The Labute approximate surface area is 129 Å². The zero-order chi connectivity index (χ0) is 14.5. The third-order valence-electron chi connectivity index (χ3n) is 3.97. The molecule has 1 atom stereocenters. The van der Waals surface area contributed by atoms with Gasteiger partial charge < -0.3 is 5.32 Å². The highest BCUT2D eigenvalue weighted by molar-refractivity contribution is 9.10. The Hall–Kier alpha value is -0.680. The van der Waals surface area contributed by atoms with Crippen LogP contribution >= 0.6 is 15.9 Å². The molecule has 0 aliphatic carbocycles. The number of halogens is 1. The third-order valence-corrected chi connectivity index (χ3v) is 4.89. The standard InChI is InChI=1S/C15H24BrN3O/c1-3-13-15(16)14(19(4-2)18-13)9-12(20)8-11-6-5-7-17-10-11/h11,17H,3-10H2,1-2H3. The van der Waals surface area contributed by atoms with E-state index in [1.165, 1.54) is 12.8 Å². The fourth-order valence-electron chi connectivity index (χ4n) is 2.87. The van der Waals surface area contributed by atoms with Gasteiger partial charge in [0.25, 0.3) is 0 Å².